The minimum Gasteiger partial charge on any atom is -0.314 e. The highest BCUT2D eigenvalue weighted by Gasteiger charge is 2.22. The van der Waals surface area contributed by atoms with E-state index in [4.69, 9.17) is 0 Å². The van der Waals surface area contributed by atoms with Gasteiger partial charge in [0.15, 0.2) is 9.84 Å². The smallest absolute Gasteiger partial charge is 0.175 e. The lowest BCUT2D eigenvalue weighted by Gasteiger charge is -2.33. The Morgan fingerprint density at radius 1 is 1.25 bits per heavy atom. The van der Waals surface area contributed by atoms with Crippen LogP contribution < -0.4 is 5.32 Å². The van der Waals surface area contributed by atoms with E-state index in [1.165, 1.54) is 6.26 Å². The van der Waals surface area contributed by atoms with E-state index in [2.05, 4.69) is 10.2 Å². The molecule has 0 aliphatic carbocycles. The number of benzene rings is 1. The molecule has 0 bridgehead atoms. The van der Waals surface area contributed by atoms with E-state index >= 15 is 0 Å². The molecule has 1 saturated heterocycles. The molecule has 0 aromatic heterocycles. The monoisotopic (exact) mass is 322 g/mol. The van der Waals surface area contributed by atoms with Crippen molar-refractivity contribution in [2.75, 3.05) is 39.1 Å². The number of nitrogens with one attached hydrogen (secondary N) is 1. The topological polar surface area (TPSA) is 49.4 Å². The second-order valence-corrected chi connectivity index (χ2v) is 6.81. The van der Waals surface area contributed by atoms with Crippen LogP contribution in [-0.2, 0) is 9.84 Å². The molecule has 1 aliphatic rings. The van der Waals surface area contributed by atoms with Crippen LogP contribution in [-0.4, -0.2) is 52.4 Å². The molecule has 1 aromatic rings. The zero-order chi connectivity index (χ0) is 13.9. The van der Waals surface area contributed by atoms with Gasteiger partial charge < -0.3 is 5.32 Å². The predicted molar refractivity (Wildman–Crippen MR) is 80.0 cm³/mol. The Morgan fingerprint density at radius 2 is 1.80 bits per heavy atom. The standard InChI is InChI=1S/C13H19FN2O2S.ClH/c1-19(17,18)12-4-2-11(3-5-12)13(10-14)16-8-6-15-7-9-16;/h2-5,13,15H,6-10H2,1H3;1H/t13-;/m1./s1. The van der Waals surface area contributed by atoms with Crippen LogP contribution in [0, 0.1) is 0 Å². The first-order valence-corrected chi connectivity index (χ1v) is 8.22. The molecule has 1 aliphatic heterocycles. The van der Waals surface area contributed by atoms with Crippen LogP contribution >= 0.6 is 12.4 Å². The van der Waals surface area contributed by atoms with Crippen molar-refractivity contribution < 1.29 is 12.8 Å². The number of piperazine rings is 1. The number of sulfone groups is 1. The third-order valence-electron chi connectivity index (χ3n) is 3.43. The van der Waals surface area contributed by atoms with Gasteiger partial charge in [0.2, 0.25) is 0 Å². The third kappa shape index (κ3) is 4.15. The van der Waals surface area contributed by atoms with E-state index in [0.29, 0.717) is 0 Å². The molecule has 114 valence electrons. The van der Waals surface area contributed by atoms with Crippen LogP contribution in [0.1, 0.15) is 11.6 Å². The van der Waals surface area contributed by atoms with Crippen molar-refractivity contribution in [1.29, 1.82) is 0 Å². The SMILES string of the molecule is CS(=O)(=O)c1ccc([C@@H](CF)N2CCNCC2)cc1.Cl. The van der Waals surface area contributed by atoms with Crippen molar-refractivity contribution in [3.05, 3.63) is 29.8 Å². The second kappa shape index (κ2) is 7.36. The lowest BCUT2D eigenvalue weighted by atomic mass is 10.1. The summed E-state index contributed by atoms with van der Waals surface area (Å²) >= 11 is 0. The number of halogens is 2. The van der Waals surface area contributed by atoms with Gasteiger partial charge in [0.1, 0.15) is 6.67 Å². The van der Waals surface area contributed by atoms with E-state index in [1.54, 1.807) is 24.3 Å². The number of rotatable bonds is 4. The van der Waals surface area contributed by atoms with Gasteiger partial charge in [-0.2, -0.15) is 0 Å². The van der Waals surface area contributed by atoms with E-state index in [0.717, 1.165) is 31.7 Å². The number of nitrogens with zero attached hydrogens (tertiary/aromatic N) is 1. The van der Waals surface area contributed by atoms with E-state index in [-0.39, 0.29) is 23.3 Å². The first-order valence-electron chi connectivity index (χ1n) is 6.33. The van der Waals surface area contributed by atoms with Gasteiger partial charge in [0.25, 0.3) is 0 Å². The highest BCUT2D eigenvalue weighted by Crippen LogP contribution is 2.23. The lowest BCUT2D eigenvalue weighted by Crippen LogP contribution is -2.45. The van der Waals surface area contributed by atoms with Crippen molar-refractivity contribution in [2.24, 2.45) is 0 Å². The highest BCUT2D eigenvalue weighted by atomic mass is 35.5. The molecule has 4 nitrogen and oxygen atoms in total. The maximum absolute atomic E-state index is 13.3. The van der Waals surface area contributed by atoms with Crippen LogP contribution in [0.15, 0.2) is 29.2 Å². The first-order chi connectivity index (χ1) is 9.02. The third-order valence-corrected chi connectivity index (χ3v) is 4.56. The number of hydrogen-bond donors (Lipinski definition) is 1. The summed E-state index contributed by atoms with van der Waals surface area (Å²) in [5.74, 6) is 0. The molecule has 1 heterocycles. The van der Waals surface area contributed by atoms with E-state index in [9.17, 15) is 12.8 Å². The Balaban J connectivity index is 0.00000200. The van der Waals surface area contributed by atoms with Crippen LogP contribution in [0.3, 0.4) is 0 Å². The normalized spacial score (nSPS) is 18.3. The highest BCUT2D eigenvalue weighted by molar-refractivity contribution is 7.90. The van der Waals surface area contributed by atoms with Crippen molar-refractivity contribution in [3.8, 4) is 0 Å². The van der Waals surface area contributed by atoms with Gasteiger partial charge in [0.05, 0.1) is 10.9 Å². The Morgan fingerprint density at radius 3 is 2.25 bits per heavy atom. The molecule has 0 spiro atoms. The van der Waals surface area contributed by atoms with Gasteiger partial charge in [0, 0.05) is 32.4 Å². The maximum Gasteiger partial charge on any atom is 0.175 e. The fourth-order valence-corrected chi connectivity index (χ4v) is 2.96. The minimum atomic E-state index is -3.19. The summed E-state index contributed by atoms with van der Waals surface area (Å²) < 4.78 is 36.1. The van der Waals surface area contributed by atoms with Gasteiger partial charge in [-0.15, -0.1) is 12.4 Å². The molecule has 20 heavy (non-hydrogen) atoms. The van der Waals surface area contributed by atoms with Crippen LogP contribution in [0.2, 0.25) is 0 Å². The summed E-state index contributed by atoms with van der Waals surface area (Å²) in [6.45, 7) is 2.87. The van der Waals surface area contributed by atoms with E-state index < -0.39 is 16.5 Å². The molecule has 1 fully saturated rings. The maximum atomic E-state index is 13.3. The molecule has 7 heteroatoms. The Labute approximate surface area is 125 Å². The molecule has 0 unspecified atom stereocenters. The molecule has 0 amide bonds. The van der Waals surface area contributed by atoms with Gasteiger partial charge in [-0.25, -0.2) is 12.8 Å². The molecule has 1 atom stereocenters. The van der Waals surface area contributed by atoms with Crippen molar-refractivity contribution >= 4 is 22.2 Å². The van der Waals surface area contributed by atoms with E-state index in [1.807, 2.05) is 0 Å². The summed E-state index contributed by atoms with van der Waals surface area (Å²) in [6, 6.07) is 6.24. The molecule has 0 radical (unpaired) electrons. The van der Waals surface area contributed by atoms with Gasteiger partial charge in [-0.1, -0.05) is 12.1 Å². The van der Waals surface area contributed by atoms with Crippen molar-refractivity contribution in [3.63, 3.8) is 0 Å². The Bertz CT molecular complexity index is 516. The zero-order valence-corrected chi connectivity index (χ0v) is 13.0. The summed E-state index contributed by atoms with van der Waals surface area (Å²) in [4.78, 5) is 2.36. The lowest BCUT2D eigenvalue weighted by molar-refractivity contribution is 0.147. The van der Waals surface area contributed by atoms with Gasteiger partial charge in [-0.3, -0.25) is 4.90 Å². The quantitative estimate of drug-likeness (QED) is 0.911. The summed E-state index contributed by atoms with van der Waals surface area (Å²) in [5, 5.41) is 3.23. The van der Waals surface area contributed by atoms with Gasteiger partial charge in [-0.05, 0) is 17.7 Å². The fourth-order valence-electron chi connectivity index (χ4n) is 2.33. The number of alkyl halides is 1. The molecule has 1 N–H and O–H groups in total. The largest absolute Gasteiger partial charge is 0.314 e. The Kier molecular flexibility index (Phi) is 6.39. The molecular formula is C13H20ClFN2O2S. The predicted octanol–water partition coefficient (Wildman–Crippen LogP) is 1.43. The van der Waals surface area contributed by atoms with Crippen LogP contribution in [0.4, 0.5) is 4.39 Å². The van der Waals surface area contributed by atoms with Crippen LogP contribution in [0.5, 0.6) is 0 Å². The number of hydrogen-bond acceptors (Lipinski definition) is 4. The van der Waals surface area contributed by atoms with Crippen LogP contribution in [0.25, 0.3) is 0 Å². The second-order valence-electron chi connectivity index (χ2n) is 4.80. The molecule has 0 saturated carbocycles. The zero-order valence-electron chi connectivity index (χ0n) is 11.4. The van der Waals surface area contributed by atoms with Crippen molar-refractivity contribution in [1.82, 2.24) is 10.2 Å². The fraction of sp³-hybridized carbons (Fsp3) is 0.538. The average molecular weight is 323 g/mol. The molecule has 2 rings (SSSR count). The molecular weight excluding hydrogens is 303 g/mol. The first kappa shape index (κ1) is 17.4. The van der Waals surface area contributed by atoms with Gasteiger partial charge >= 0.3 is 0 Å². The molecule has 1 aromatic carbocycles. The summed E-state index contributed by atoms with van der Waals surface area (Å²) in [5.41, 5.74) is 0.830. The summed E-state index contributed by atoms with van der Waals surface area (Å²) in [6.07, 6.45) is 1.17. The van der Waals surface area contributed by atoms with Crippen molar-refractivity contribution in [2.45, 2.75) is 10.9 Å². The summed E-state index contributed by atoms with van der Waals surface area (Å²) in [7, 11) is -3.19. The Hall–Kier alpha value is -0.690. The average Bonchev–Trinajstić information content (AvgIpc) is 2.40. The minimum absolute atomic E-state index is 0.